The fourth-order valence-corrected chi connectivity index (χ4v) is 1.18. The highest BCUT2D eigenvalue weighted by Crippen LogP contribution is 2.32. The first kappa shape index (κ1) is 10.5. The number of nitrogens with zero attached hydrogens (tertiary/aromatic N) is 2. The number of aromatic nitrogens is 2. The van der Waals surface area contributed by atoms with Crippen molar-refractivity contribution in [2.75, 3.05) is 0 Å². The lowest BCUT2D eigenvalue weighted by Crippen LogP contribution is -2.17. The molecule has 84 valence electrons. The summed E-state index contributed by atoms with van der Waals surface area (Å²) in [5, 5.41) is 6.76. The molecule has 7 heteroatoms. The summed E-state index contributed by atoms with van der Waals surface area (Å²) in [7, 11) is 0. The number of halogens is 3. The van der Waals surface area contributed by atoms with Gasteiger partial charge in [-0.05, 0) is 17.3 Å². The number of benzene rings is 1. The van der Waals surface area contributed by atoms with Gasteiger partial charge >= 0.3 is 6.36 Å². The number of hydrogen-bond acceptors (Lipinski definition) is 4. The molecule has 0 aliphatic heterocycles. The van der Waals surface area contributed by atoms with E-state index >= 15 is 0 Å². The van der Waals surface area contributed by atoms with Crippen molar-refractivity contribution < 1.29 is 22.5 Å². The molecule has 2 rings (SSSR count). The van der Waals surface area contributed by atoms with Crippen LogP contribution in [-0.2, 0) is 0 Å². The molecule has 0 bridgehead atoms. The van der Waals surface area contributed by atoms with Crippen LogP contribution in [0.4, 0.5) is 13.2 Å². The highest BCUT2D eigenvalue weighted by Gasteiger charge is 2.32. The molecule has 0 unspecified atom stereocenters. The highest BCUT2D eigenvalue weighted by molar-refractivity contribution is 5.65. The summed E-state index contributed by atoms with van der Waals surface area (Å²) in [6.07, 6.45) is -3.54. The van der Waals surface area contributed by atoms with E-state index in [1.54, 1.807) is 6.07 Å². The van der Waals surface area contributed by atoms with Crippen LogP contribution in [-0.4, -0.2) is 16.7 Å². The van der Waals surface area contributed by atoms with Gasteiger partial charge in [0.1, 0.15) is 11.4 Å². The monoisotopic (exact) mass is 230 g/mol. The molecular formula is C9H5F3N2O2. The number of alkyl halides is 3. The first-order valence-corrected chi connectivity index (χ1v) is 4.19. The van der Waals surface area contributed by atoms with Gasteiger partial charge in [-0.15, -0.1) is 13.2 Å². The fourth-order valence-electron chi connectivity index (χ4n) is 1.18. The van der Waals surface area contributed by atoms with Crippen LogP contribution >= 0.6 is 0 Å². The van der Waals surface area contributed by atoms with Gasteiger partial charge in [0.2, 0.25) is 0 Å². The molecule has 0 aliphatic carbocycles. The second kappa shape index (κ2) is 3.84. The Bertz CT molecular complexity index is 468. The van der Waals surface area contributed by atoms with Crippen molar-refractivity contribution >= 4 is 0 Å². The van der Waals surface area contributed by atoms with E-state index in [4.69, 9.17) is 0 Å². The second-order valence-electron chi connectivity index (χ2n) is 2.84. The van der Waals surface area contributed by atoms with Crippen LogP contribution in [0, 0.1) is 0 Å². The van der Waals surface area contributed by atoms with Gasteiger partial charge in [-0.25, -0.2) is 4.63 Å². The van der Waals surface area contributed by atoms with Crippen LogP contribution in [0.5, 0.6) is 5.75 Å². The van der Waals surface area contributed by atoms with E-state index in [9.17, 15) is 13.2 Å². The van der Waals surface area contributed by atoms with Crippen molar-refractivity contribution in [2.45, 2.75) is 6.36 Å². The number of para-hydroxylation sites is 1. The average molecular weight is 230 g/mol. The molecule has 0 fully saturated rings. The standard InChI is InChI=1S/C9H5F3N2O2/c10-9(11,12)15-8-4-2-1-3-6(8)7-5-13-16-14-7/h1-5H. The zero-order valence-corrected chi connectivity index (χ0v) is 7.73. The SMILES string of the molecule is FC(F)(F)Oc1ccccc1-c1cnon1. The lowest BCUT2D eigenvalue weighted by atomic mass is 10.1. The number of ether oxygens (including phenoxy) is 1. The maximum atomic E-state index is 12.1. The Balaban J connectivity index is 2.39. The van der Waals surface area contributed by atoms with Crippen molar-refractivity contribution in [1.29, 1.82) is 0 Å². The minimum Gasteiger partial charge on any atom is -0.405 e. The first-order valence-electron chi connectivity index (χ1n) is 4.19. The molecule has 0 spiro atoms. The van der Waals surface area contributed by atoms with E-state index < -0.39 is 6.36 Å². The third kappa shape index (κ3) is 2.30. The average Bonchev–Trinajstić information content (AvgIpc) is 2.69. The minimum atomic E-state index is -4.74. The molecule has 4 nitrogen and oxygen atoms in total. The lowest BCUT2D eigenvalue weighted by Gasteiger charge is -2.11. The molecule has 1 aromatic heterocycles. The van der Waals surface area contributed by atoms with Gasteiger partial charge in [-0.2, -0.15) is 0 Å². The molecule has 0 N–H and O–H groups in total. The Morgan fingerprint density at radius 3 is 2.56 bits per heavy atom. The van der Waals surface area contributed by atoms with E-state index in [1.807, 2.05) is 0 Å². The van der Waals surface area contributed by atoms with Gasteiger partial charge in [0, 0.05) is 5.56 Å². The van der Waals surface area contributed by atoms with Crippen molar-refractivity contribution in [3.63, 3.8) is 0 Å². The van der Waals surface area contributed by atoms with Crippen molar-refractivity contribution in [3.8, 4) is 17.0 Å². The predicted octanol–water partition coefficient (Wildman–Crippen LogP) is 2.64. The molecule has 0 radical (unpaired) electrons. The Morgan fingerprint density at radius 2 is 1.94 bits per heavy atom. The molecule has 1 aromatic carbocycles. The van der Waals surface area contributed by atoms with E-state index in [1.165, 1.54) is 24.4 Å². The highest BCUT2D eigenvalue weighted by atomic mass is 19.4. The van der Waals surface area contributed by atoms with Gasteiger partial charge in [0.25, 0.3) is 0 Å². The topological polar surface area (TPSA) is 48.2 Å². The summed E-state index contributed by atoms with van der Waals surface area (Å²) in [5.74, 6) is -0.342. The van der Waals surface area contributed by atoms with Crippen molar-refractivity contribution in [3.05, 3.63) is 30.5 Å². The Labute approximate surface area is 87.6 Å². The Morgan fingerprint density at radius 1 is 1.19 bits per heavy atom. The molecule has 2 aromatic rings. The van der Waals surface area contributed by atoms with Gasteiger partial charge in [0.05, 0.1) is 6.20 Å². The van der Waals surface area contributed by atoms with Crippen LogP contribution in [0.25, 0.3) is 11.3 Å². The lowest BCUT2D eigenvalue weighted by molar-refractivity contribution is -0.274. The van der Waals surface area contributed by atoms with Crippen LogP contribution in [0.15, 0.2) is 35.1 Å². The molecule has 1 heterocycles. The van der Waals surface area contributed by atoms with Crippen molar-refractivity contribution in [1.82, 2.24) is 10.3 Å². The van der Waals surface area contributed by atoms with Gasteiger partial charge in [0.15, 0.2) is 0 Å². The van der Waals surface area contributed by atoms with Crippen molar-refractivity contribution in [2.24, 2.45) is 0 Å². The summed E-state index contributed by atoms with van der Waals surface area (Å²) in [6, 6.07) is 5.61. The maximum absolute atomic E-state index is 12.1. The second-order valence-corrected chi connectivity index (χ2v) is 2.84. The summed E-state index contributed by atoms with van der Waals surface area (Å²) >= 11 is 0. The van der Waals surface area contributed by atoms with Gasteiger partial charge < -0.3 is 4.74 Å². The Hall–Kier alpha value is -2.05. The minimum absolute atomic E-state index is 0.168. The molecule has 0 saturated heterocycles. The largest absolute Gasteiger partial charge is 0.573 e. The maximum Gasteiger partial charge on any atom is 0.573 e. The smallest absolute Gasteiger partial charge is 0.405 e. The summed E-state index contributed by atoms with van der Waals surface area (Å²) in [4.78, 5) is 0. The van der Waals surface area contributed by atoms with Crippen LogP contribution in [0.2, 0.25) is 0 Å². The quantitative estimate of drug-likeness (QED) is 0.795. The van der Waals surface area contributed by atoms with E-state index in [-0.39, 0.29) is 17.0 Å². The zero-order chi connectivity index (χ0) is 11.6. The molecular weight excluding hydrogens is 225 g/mol. The van der Waals surface area contributed by atoms with E-state index in [0.29, 0.717) is 0 Å². The molecule has 0 atom stereocenters. The van der Waals surface area contributed by atoms with Gasteiger partial charge in [-0.3, -0.25) is 0 Å². The normalized spacial score (nSPS) is 11.4. The summed E-state index contributed by atoms with van der Waals surface area (Å²) < 4.78 is 44.4. The first-order chi connectivity index (χ1) is 7.56. The summed E-state index contributed by atoms with van der Waals surface area (Å²) in [6.45, 7) is 0. The van der Waals surface area contributed by atoms with Crippen LogP contribution < -0.4 is 4.74 Å². The molecule has 0 amide bonds. The van der Waals surface area contributed by atoms with Crippen LogP contribution in [0.1, 0.15) is 0 Å². The van der Waals surface area contributed by atoms with E-state index in [2.05, 4.69) is 19.7 Å². The fraction of sp³-hybridized carbons (Fsp3) is 0.111. The number of hydrogen-bond donors (Lipinski definition) is 0. The molecule has 0 aliphatic rings. The number of rotatable bonds is 2. The van der Waals surface area contributed by atoms with E-state index in [0.717, 1.165) is 0 Å². The molecule has 0 saturated carbocycles. The van der Waals surface area contributed by atoms with Gasteiger partial charge in [-0.1, -0.05) is 17.3 Å². The third-order valence-corrected chi connectivity index (χ3v) is 1.75. The molecule has 16 heavy (non-hydrogen) atoms. The van der Waals surface area contributed by atoms with Crippen LogP contribution in [0.3, 0.4) is 0 Å². The third-order valence-electron chi connectivity index (χ3n) is 1.75. The Kier molecular flexibility index (Phi) is 2.51. The summed E-state index contributed by atoms with van der Waals surface area (Å²) in [5.41, 5.74) is 0.348. The predicted molar refractivity (Wildman–Crippen MR) is 46.4 cm³/mol. The zero-order valence-electron chi connectivity index (χ0n) is 7.73.